The van der Waals surface area contributed by atoms with Gasteiger partial charge < -0.3 is 4.90 Å². The molecule has 1 aliphatic rings. The minimum absolute atomic E-state index is 0.0143. The summed E-state index contributed by atoms with van der Waals surface area (Å²) in [5.41, 5.74) is 4.24. The fourth-order valence-electron chi connectivity index (χ4n) is 3.61. The number of imide groups is 1. The molecule has 1 atom stereocenters. The van der Waals surface area contributed by atoms with Gasteiger partial charge in [0.2, 0.25) is 5.91 Å². The SMILES string of the molecule is Cc1nc2ccc(C(=O)N(C)C3CC(=O)N(Cc4ccccc4)C3=O)cc2nc1C. The van der Waals surface area contributed by atoms with Crippen molar-refractivity contribution in [2.75, 3.05) is 7.05 Å². The number of aromatic nitrogens is 2. The molecule has 0 spiro atoms. The number of hydrogen-bond donors (Lipinski definition) is 0. The highest BCUT2D eigenvalue weighted by Gasteiger charge is 2.42. The summed E-state index contributed by atoms with van der Waals surface area (Å²) in [6.07, 6.45) is -0.0143. The van der Waals surface area contributed by atoms with E-state index in [0.29, 0.717) is 16.6 Å². The summed E-state index contributed by atoms with van der Waals surface area (Å²) < 4.78 is 0. The molecule has 7 heteroatoms. The van der Waals surface area contributed by atoms with Crippen molar-refractivity contribution < 1.29 is 14.4 Å². The highest BCUT2D eigenvalue weighted by Crippen LogP contribution is 2.23. The first-order chi connectivity index (χ1) is 14.3. The molecule has 1 saturated heterocycles. The van der Waals surface area contributed by atoms with Gasteiger partial charge in [0.1, 0.15) is 6.04 Å². The van der Waals surface area contributed by atoms with E-state index in [1.807, 2.05) is 44.2 Å². The van der Waals surface area contributed by atoms with Gasteiger partial charge in [-0.15, -0.1) is 0 Å². The van der Waals surface area contributed by atoms with Crippen molar-refractivity contribution in [3.05, 3.63) is 71.0 Å². The van der Waals surface area contributed by atoms with Crippen LogP contribution >= 0.6 is 0 Å². The molecule has 1 unspecified atom stereocenters. The van der Waals surface area contributed by atoms with Crippen LogP contribution in [0.3, 0.4) is 0 Å². The van der Waals surface area contributed by atoms with Crippen LogP contribution in [0.1, 0.15) is 33.7 Å². The van der Waals surface area contributed by atoms with Crippen molar-refractivity contribution in [1.82, 2.24) is 19.8 Å². The van der Waals surface area contributed by atoms with E-state index in [-0.39, 0.29) is 30.7 Å². The molecule has 0 radical (unpaired) electrons. The molecular weight excluding hydrogens is 380 g/mol. The molecule has 3 amide bonds. The quantitative estimate of drug-likeness (QED) is 0.627. The Kier molecular flexibility index (Phi) is 5.03. The summed E-state index contributed by atoms with van der Waals surface area (Å²) in [5.74, 6) is -0.958. The Hall–Kier alpha value is -3.61. The number of carbonyl (C=O) groups excluding carboxylic acids is 3. The summed E-state index contributed by atoms with van der Waals surface area (Å²) in [6.45, 7) is 3.96. The average Bonchev–Trinajstić information content (AvgIpc) is 3.02. The molecule has 1 aromatic heterocycles. The summed E-state index contributed by atoms with van der Waals surface area (Å²) in [6, 6.07) is 13.6. The maximum atomic E-state index is 13.0. The van der Waals surface area contributed by atoms with Crippen LogP contribution < -0.4 is 0 Å². The Bertz CT molecular complexity index is 1160. The van der Waals surface area contributed by atoms with E-state index in [1.54, 1.807) is 25.2 Å². The highest BCUT2D eigenvalue weighted by molar-refractivity contribution is 6.08. The van der Waals surface area contributed by atoms with Crippen molar-refractivity contribution in [1.29, 1.82) is 0 Å². The van der Waals surface area contributed by atoms with Crippen LogP contribution in [0.15, 0.2) is 48.5 Å². The fourth-order valence-corrected chi connectivity index (χ4v) is 3.61. The number of benzene rings is 2. The minimum atomic E-state index is -0.810. The normalized spacial score (nSPS) is 16.4. The van der Waals surface area contributed by atoms with Crippen LogP contribution in [0.25, 0.3) is 11.0 Å². The number of rotatable bonds is 4. The number of nitrogens with zero attached hydrogens (tertiary/aromatic N) is 4. The second-order valence-electron chi connectivity index (χ2n) is 7.54. The largest absolute Gasteiger partial charge is 0.329 e. The van der Waals surface area contributed by atoms with Crippen molar-refractivity contribution in [3.63, 3.8) is 0 Å². The number of amides is 3. The zero-order valence-electron chi connectivity index (χ0n) is 17.1. The summed E-state index contributed by atoms with van der Waals surface area (Å²) in [4.78, 5) is 49.9. The smallest absolute Gasteiger partial charge is 0.254 e. The highest BCUT2D eigenvalue weighted by atomic mass is 16.2. The molecule has 0 N–H and O–H groups in total. The molecule has 1 fully saturated rings. The average molecular weight is 402 g/mol. The number of aryl methyl sites for hydroxylation is 2. The Balaban J connectivity index is 1.55. The Morgan fingerprint density at radius 2 is 1.70 bits per heavy atom. The van der Waals surface area contributed by atoms with Crippen LogP contribution in [0.5, 0.6) is 0 Å². The molecule has 0 aliphatic carbocycles. The number of fused-ring (bicyclic) bond motifs is 1. The molecule has 152 valence electrons. The topological polar surface area (TPSA) is 83.5 Å². The monoisotopic (exact) mass is 402 g/mol. The van der Waals surface area contributed by atoms with E-state index in [2.05, 4.69) is 9.97 Å². The van der Waals surface area contributed by atoms with Gasteiger partial charge in [0, 0.05) is 12.6 Å². The van der Waals surface area contributed by atoms with E-state index in [4.69, 9.17) is 0 Å². The zero-order valence-corrected chi connectivity index (χ0v) is 17.1. The molecule has 2 aromatic carbocycles. The second-order valence-corrected chi connectivity index (χ2v) is 7.54. The van der Waals surface area contributed by atoms with E-state index in [1.165, 1.54) is 9.80 Å². The molecule has 3 aromatic rings. The van der Waals surface area contributed by atoms with Crippen LogP contribution in [0.4, 0.5) is 0 Å². The standard InChI is InChI=1S/C23H22N4O3/c1-14-15(2)25-19-11-17(9-10-18(19)24-14)22(29)26(3)20-12-21(28)27(23(20)30)13-16-7-5-4-6-8-16/h4-11,20H,12-13H2,1-3H3. The number of hydrogen-bond acceptors (Lipinski definition) is 5. The number of likely N-dealkylation sites (tertiary alicyclic amines) is 1. The molecule has 0 saturated carbocycles. The first-order valence-corrected chi connectivity index (χ1v) is 9.75. The van der Waals surface area contributed by atoms with E-state index in [9.17, 15) is 14.4 Å². The third-order valence-corrected chi connectivity index (χ3v) is 5.51. The van der Waals surface area contributed by atoms with Crippen molar-refractivity contribution >= 4 is 28.8 Å². The molecule has 2 heterocycles. The lowest BCUT2D eigenvalue weighted by atomic mass is 10.1. The minimum Gasteiger partial charge on any atom is -0.329 e. The van der Waals surface area contributed by atoms with Gasteiger partial charge >= 0.3 is 0 Å². The third-order valence-electron chi connectivity index (χ3n) is 5.51. The summed E-state index contributed by atoms with van der Waals surface area (Å²) >= 11 is 0. The van der Waals surface area contributed by atoms with Gasteiger partial charge in [-0.05, 0) is 37.6 Å². The first kappa shape index (κ1) is 19.7. The molecule has 4 rings (SSSR count). The van der Waals surface area contributed by atoms with Gasteiger partial charge in [-0.1, -0.05) is 30.3 Å². The Morgan fingerprint density at radius 3 is 2.40 bits per heavy atom. The maximum absolute atomic E-state index is 13.0. The molecular formula is C23H22N4O3. The molecule has 7 nitrogen and oxygen atoms in total. The molecule has 0 bridgehead atoms. The van der Waals surface area contributed by atoms with Gasteiger partial charge in [0.15, 0.2) is 0 Å². The van der Waals surface area contributed by atoms with E-state index < -0.39 is 6.04 Å². The van der Waals surface area contributed by atoms with Gasteiger partial charge in [-0.25, -0.2) is 9.97 Å². The second kappa shape index (κ2) is 7.67. The number of likely N-dealkylation sites (N-methyl/N-ethyl adjacent to an activating group) is 1. The maximum Gasteiger partial charge on any atom is 0.254 e. The third kappa shape index (κ3) is 3.54. The predicted octanol–water partition coefficient (Wildman–Crippen LogP) is 2.65. The lowest BCUT2D eigenvalue weighted by molar-refractivity contribution is -0.140. The van der Waals surface area contributed by atoms with Gasteiger partial charge in [0.05, 0.1) is 35.4 Å². The van der Waals surface area contributed by atoms with Crippen LogP contribution in [-0.4, -0.2) is 50.6 Å². The van der Waals surface area contributed by atoms with E-state index in [0.717, 1.165) is 17.0 Å². The number of carbonyl (C=O) groups is 3. The van der Waals surface area contributed by atoms with Crippen LogP contribution in [0.2, 0.25) is 0 Å². The van der Waals surface area contributed by atoms with Gasteiger partial charge in [-0.3, -0.25) is 19.3 Å². The van der Waals surface area contributed by atoms with Crippen LogP contribution in [-0.2, 0) is 16.1 Å². The Labute approximate surface area is 174 Å². The fraction of sp³-hybridized carbons (Fsp3) is 0.261. The molecule has 30 heavy (non-hydrogen) atoms. The van der Waals surface area contributed by atoms with Crippen molar-refractivity contribution in [2.24, 2.45) is 0 Å². The predicted molar refractivity (Wildman–Crippen MR) is 112 cm³/mol. The Morgan fingerprint density at radius 1 is 1.03 bits per heavy atom. The zero-order chi connectivity index (χ0) is 21.4. The van der Waals surface area contributed by atoms with Crippen LogP contribution in [0, 0.1) is 13.8 Å². The van der Waals surface area contributed by atoms with Gasteiger partial charge in [0.25, 0.3) is 11.8 Å². The van der Waals surface area contributed by atoms with E-state index >= 15 is 0 Å². The van der Waals surface area contributed by atoms with Crippen molar-refractivity contribution in [2.45, 2.75) is 32.9 Å². The summed E-state index contributed by atoms with van der Waals surface area (Å²) in [5, 5.41) is 0. The molecule has 1 aliphatic heterocycles. The first-order valence-electron chi connectivity index (χ1n) is 9.75. The summed E-state index contributed by atoms with van der Waals surface area (Å²) in [7, 11) is 1.56. The van der Waals surface area contributed by atoms with Crippen molar-refractivity contribution in [3.8, 4) is 0 Å². The van der Waals surface area contributed by atoms with Gasteiger partial charge in [-0.2, -0.15) is 0 Å². The lowest BCUT2D eigenvalue weighted by Crippen LogP contribution is -2.42. The lowest BCUT2D eigenvalue weighted by Gasteiger charge is -2.23.